The molecule has 0 unspecified atom stereocenters. The molecule has 2 aromatic carbocycles. The van der Waals surface area contributed by atoms with Crippen LogP contribution >= 0.6 is 0 Å². The number of likely N-dealkylation sites (N-methyl/N-ethyl adjacent to an activating group) is 1. The van der Waals surface area contributed by atoms with Crippen LogP contribution in [0.4, 0.5) is 0 Å². The lowest BCUT2D eigenvalue weighted by Gasteiger charge is -2.16. The third-order valence-electron chi connectivity index (χ3n) is 3.98. The molecule has 0 saturated heterocycles. The van der Waals surface area contributed by atoms with E-state index in [9.17, 15) is 4.79 Å². The van der Waals surface area contributed by atoms with Crippen LogP contribution < -0.4 is 0 Å². The van der Waals surface area contributed by atoms with Gasteiger partial charge in [0.1, 0.15) is 6.54 Å². The van der Waals surface area contributed by atoms with Gasteiger partial charge in [-0.1, -0.05) is 59.3 Å². The summed E-state index contributed by atoms with van der Waals surface area (Å²) in [7, 11) is 0. The average Bonchev–Trinajstić information content (AvgIpc) is 3.14. The number of nitrogens with zero attached hydrogens (tertiary/aromatic N) is 3. The van der Waals surface area contributed by atoms with E-state index in [-0.39, 0.29) is 12.5 Å². The monoisotopic (exact) mass is 347 g/mol. The highest BCUT2D eigenvalue weighted by Crippen LogP contribution is 2.17. The van der Waals surface area contributed by atoms with Crippen molar-refractivity contribution in [3.63, 3.8) is 0 Å². The van der Waals surface area contributed by atoms with Gasteiger partial charge in [-0.3, -0.25) is 4.79 Å². The van der Waals surface area contributed by atoms with Gasteiger partial charge in [0.15, 0.2) is 0 Å². The molecule has 1 heterocycles. The highest BCUT2D eigenvalue weighted by molar-refractivity contribution is 5.91. The van der Waals surface area contributed by atoms with Crippen LogP contribution in [0.25, 0.3) is 17.5 Å². The highest BCUT2D eigenvalue weighted by atomic mass is 16.5. The summed E-state index contributed by atoms with van der Waals surface area (Å²) in [5.74, 6) is 0.864. The van der Waals surface area contributed by atoms with Crippen LogP contribution in [-0.2, 0) is 11.3 Å². The molecule has 3 rings (SSSR count). The van der Waals surface area contributed by atoms with Crippen molar-refractivity contribution < 1.29 is 9.32 Å². The minimum Gasteiger partial charge on any atom is -0.337 e. The summed E-state index contributed by atoms with van der Waals surface area (Å²) in [4.78, 5) is 18.5. The number of hydrogen-bond acceptors (Lipinski definition) is 4. The minimum atomic E-state index is -0.0911. The molecule has 5 nitrogen and oxygen atoms in total. The van der Waals surface area contributed by atoms with Gasteiger partial charge in [-0.15, -0.1) is 0 Å². The number of carbonyl (C=O) groups excluding carboxylic acids is 1. The molecule has 0 aliphatic carbocycles. The third-order valence-corrected chi connectivity index (χ3v) is 3.98. The molecule has 0 saturated carbocycles. The predicted octanol–water partition coefficient (Wildman–Crippen LogP) is 4.11. The lowest BCUT2D eigenvalue weighted by atomic mass is 10.1. The lowest BCUT2D eigenvalue weighted by Crippen LogP contribution is -2.28. The molecule has 0 spiro atoms. The smallest absolute Gasteiger partial charge is 0.247 e. The zero-order valence-corrected chi connectivity index (χ0v) is 14.9. The van der Waals surface area contributed by atoms with E-state index in [2.05, 4.69) is 10.1 Å². The highest BCUT2D eigenvalue weighted by Gasteiger charge is 2.15. The van der Waals surface area contributed by atoms with Crippen molar-refractivity contribution >= 4 is 12.0 Å². The third kappa shape index (κ3) is 4.45. The average molecular weight is 347 g/mol. The van der Waals surface area contributed by atoms with Gasteiger partial charge in [-0.2, -0.15) is 4.98 Å². The molecule has 1 aromatic heterocycles. The fourth-order valence-electron chi connectivity index (χ4n) is 2.57. The molecular formula is C21H21N3O2. The Morgan fingerprint density at radius 1 is 1.15 bits per heavy atom. The summed E-state index contributed by atoms with van der Waals surface area (Å²) in [5, 5.41) is 4.03. The summed E-state index contributed by atoms with van der Waals surface area (Å²) in [6.07, 6.45) is 3.37. The van der Waals surface area contributed by atoms with E-state index in [0.29, 0.717) is 18.3 Å². The molecule has 0 fully saturated rings. The van der Waals surface area contributed by atoms with Crippen molar-refractivity contribution in [2.75, 3.05) is 6.54 Å². The first-order valence-electron chi connectivity index (χ1n) is 8.57. The molecular weight excluding hydrogens is 326 g/mol. The number of aromatic nitrogens is 2. The Labute approximate surface area is 153 Å². The summed E-state index contributed by atoms with van der Waals surface area (Å²) >= 11 is 0. The molecule has 0 bridgehead atoms. The summed E-state index contributed by atoms with van der Waals surface area (Å²) in [6, 6.07) is 17.6. The second kappa shape index (κ2) is 8.25. The Hall–Kier alpha value is -3.21. The number of rotatable bonds is 6. The van der Waals surface area contributed by atoms with Crippen molar-refractivity contribution in [3.05, 3.63) is 77.7 Å². The van der Waals surface area contributed by atoms with Crippen LogP contribution in [0.2, 0.25) is 0 Å². The fourth-order valence-corrected chi connectivity index (χ4v) is 2.57. The van der Waals surface area contributed by atoms with Gasteiger partial charge in [0.2, 0.25) is 17.6 Å². The first kappa shape index (κ1) is 17.6. The maximum atomic E-state index is 12.4. The Morgan fingerprint density at radius 2 is 1.96 bits per heavy atom. The van der Waals surface area contributed by atoms with Crippen LogP contribution in [0.5, 0.6) is 0 Å². The zero-order valence-electron chi connectivity index (χ0n) is 14.9. The summed E-state index contributed by atoms with van der Waals surface area (Å²) in [6.45, 7) is 4.78. The SMILES string of the molecule is CCN(Cc1nc(-c2cccc(C)c2)no1)C(=O)C=Cc1ccccc1. The molecule has 0 aliphatic rings. The van der Waals surface area contributed by atoms with Crippen LogP contribution in [0.3, 0.4) is 0 Å². The molecule has 0 aliphatic heterocycles. The van der Waals surface area contributed by atoms with Crippen LogP contribution in [0.1, 0.15) is 23.9 Å². The molecule has 1 amide bonds. The van der Waals surface area contributed by atoms with Gasteiger partial charge < -0.3 is 9.42 Å². The summed E-state index contributed by atoms with van der Waals surface area (Å²) < 4.78 is 5.33. The Morgan fingerprint density at radius 3 is 2.69 bits per heavy atom. The first-order valence-corrected chi connectivity index (χ1v) is 8.57. The number of carbonyl (C=O) groups is 1. The zero-order chi connectivity index (χ0) is 18.4. The normalized spacial score (nSPS) is 11.0. The second-order valence-electron chi connectivity index (χ2n) is 5.98. The molecule has 5 heteroatoms. The lowest BCUT2D eigenvalue weighted by molar-refractivity contribution is -0.126. The first-order chi connectivity index (χ1) is 12.7. The van der Waals surface area contributed by atoms with E-state index in [1.54, 1.807) is 17.1 Å². The molecule has 132 valence electrons. The number of amides is 1. The van der Waals surface area contributed by atoms with Crippen molar-refractivity contribution in [1.29, 1.82) is 0 Å². The summed E-state index contributed by atoms with van der Waals surface area (Å²) in [5.41, 5.74) is 3.01. The van der Waals surface area contributed by atoms with E-state index < -0.39 is 0 Å². The van der Waals surface area contributed by atoms with Gasteiger partial charge in [-0.05, 0) is 31.6 Å². The van der Waals surface area contributed by atoms with Gasteiger partial charge in [-0.25, -0.2) is 0 Å². The maximum absolute atomic E-state index is 12.4. The Bertz CT molecular complexity index is 900. The van der Waals surface area contributed by atoms with E-state index in [0.717, 1.165) is 16.7 Å². The minimum absolute atomic E-state index is 0.0911. The standard InChI is InChI=1S/C21H21N3O2/c1-3-24(20(25)13-12-17-9-5-4-6-10-17)15-19-22-21(23-26-19)18-11-7-8-16(2)14-18/h4-14H,3,15H2,1-2H3. The van der Waals surface area contributed by atoms with Crippen LogP contribution in [0, 0.1) is 6.92 Å². The molecule has 26 heavy (non-hydrogen) atoms. The van der Waals surface area contributed by atoms with Gasteiger partial charge in [0.05, 0.1) is 0 Å². The van der Waals surface area contributed by atoms with Crippen molar-refractivity contribution in [3.8, 4) is 11.4 Å². The molecule has 0 atom stereocenters. The topological polar surface area (TPSA) is 59.2 Å². The number of aryl methyl sites for hydroxylation is 1. The Kier molecular flexibility index (Phi) is 5.59. The van der Waals surface area contributed by atoms with Gasteiger partial charge >= 0.3 is 0 Å². The largest absolute Gasteiger partial charge is 0.337 e. The maximum Gasteiger partial charge on any atom is 0.247 e. The Balaban J connectivity index is 1.68. The fraction of sp³-hybridized carbons (Fsp3) is 0.190. The van der Waals surface area contributed by atoms with E-state index in [1.165, 1.54) is 0 Å². The molecule has 0 N–H and O–H groups in total. The van der Waals surface area contributed by atoms with Crippen molar-refractivity contribution in [1.82, 2.24) is 15.0 Å². The van der Waals surface area contributed by atoms with Crippen molar-refractivity contribution in [2.45, 2.75) is 20.4 Å². The number of benzene rings is 2. The second-order valence-corrected chi connectivity index (χ2v) is 5.98. The quantitative estimate of drug-likeness (QED) is 0.630. The van der Waals surface area contributed by atoms with Crippen molar-refractivity contribution in [2.24, 2.45) is 0 Å². The van der Waals surface area contributed by atoms with Gasteiger partial charge in [0.25, 0.3) is 0 Å². The van der Waals surface area contributed by atoms with Gasteiger partial charge in [0, 0.05) is 18.2 Å². The van der Waals surface area contributed by atoms with E-state index in [4.69, 9.17) is 4.52 Å². The number of hydrogen-bond donors (Lipinski definition) is 0. The van der Waals surface area contributed by atoms with E-state index in [1.807, 2.05) is 68.4 Å². The van der Waals surface area contributed by atoms with Crippen LogP contribution in [-0.4, -0.2) is 27.5 Å². The van der Waals surface area contributed by atoms with E-state index >= 15 is 0 Å². The van der Waals surface area contributed by atoms with Crippen LogP contribution in [0.15, 0.2) is 65.2 Å². The predicted molar refractivity (Wildman–Crippen MR) is 101 cm³/mol. The molecule has 3 aromatic rings. The molecule has 0 radical (unpaired) electrons.